The van der Waals surface area contributed by atoms with Gasteiger partial charge in [0.15, 0.2) is 0 Å². The minimum atomic E-state index is -1.03. The molecular weight excluding hydrogens is 266 g/mol. The average Bonchev–Trinajstić information content (AvgIpc) is 2.37. The SMILES string of the molecule is Cc1cc(C)c(C(=O)O)c(Oc2cccc(C(C)C)c2)n1. The molecule has 110 valence electrons. The van der Waals surface area contributed by atoms with Crippen LogP contribution in [0.5, 0.6) is 11.6 Å². The summed E-state index contributed by atoms with van der Waals surface area (Å²) in [4.78, 5) is 15.6. The molecule has 0 spiro atoms. The quantitative estimate of drug-likeness (QED) is 0.909. The number of hydrogen-bond acceptors (Lipinski definition) is 3. The molecule has 4 heteroatoms. The first-order chi connectivity index (χ1) is 9.88. The first kappa shape index (κ1) is 15.0. The Labute approximate surface area is 124 Å². The third kappa shape index (κ3) is 3.40. The number of aromatic carboxylic acids is 1. The van der Waals surface area contributed by atoms with Crippen molar-refractivity contribution in [3.63, 3.8) is 0 Å². The summed E-state index contributed by atoms with van der Waals surface area (Å²) in [5.74, 6) is 0.0804. The lowest BCUT2D eigenvalue weighted by atomic mass is 10.0. The molecule has 0 atom stereocenters. The molecule has 0 aliphatic carbocycles. The zero-order valence-electron chi connectivity index (χ0n) is 12.7. The van der Waals surface area contributed by atoms with Gasteiger partial charge < -0.3 is 9.84 Å². The van der Waals surface area contributed by atoms with E-state index in [9.17, 15) is 9.90 Å². The van der Waals surface area contributed by atoms with E-state index >= 15 is 0 Å². The molecule has 1 heterocycles. The lowest BCUT2D eigenvalue weighted by Crippen LogP contribution is -2.06. The topological polar surface area (TPSA) is 59.4 Å². The maximum Gasteiger partial charge on any atom is 0.341 e. The molecule has 0 fully saturated rings. The highest BCUT2D eigenvalue weighted by Gasteiger charge is 2.18. The summed E-state index contributed by atoms with van der Waals surface area (Å²) in [6.07, 6.45) is 0. The third-order valence-corrected chi connectivity index (χ3v) is 3.26. The molecule has 0 radical (unpaired) electrons. The van der Waals surface area contributed by atoms with Crippen molar-refractivity contribution in [1.82, 2.24) is 4.98 Å². The van der Waals surface area contributed by atoms with E-state index in [0.717, 1.165) is 11.3 Å². The van der Waals surface area contributed by atoms with Crippen molar-refractivity contribution in [1.29, 1.82) is 0 Å². The Kier molecular flexibility index (Phi) is 4.26. The molecule has 2 aromatic rings. The number of benzene rings is 1. The number of carbonyl (C=O) groups is 1. The fraction of sp³-hybridized carbons (Fsp3) is 0.294. The summed E-state index contributed by atoms with van der Waals surface area (Å²) >= 11 is 0. The van der Waals surface area contributed by atoms with Gasteiger partial charge in [0.2, 0.25) is 5.88 Å². The molecule has 2 rings (SSSR count). The Hall–Kier alpha value is -2.36. The van der Waals surface area contributed by atoms with Crippen LogP contribution in [0.1, 0.15) is 46.9 Å². The monoisotopic (exact) mass is 285 g/mol. The van der Waals surface area contributed by atoms with E-state index in [1.807, 2.05) is 25.1 Å². The Morgan fingerprint density at radius 1 is 1.24 bits per heavy atom. The second-order valence-electron chi connectivity index (χ2n) is 5.40. The van der Waals surface area contributed by atoms with Gasteiger partial charge in [-0.1, -0.05) is 26.0 Å². The predicted molar refractivity (Wildman–Crippen MR) is 81.3 cm³/mol. The van der Waals surface area contributed by atoms with E-state index in [1.165, 1.54) is 0 Å². The molecule has 0 aliphatic rings. The van der Waals surface area contributed by atoms with Crippen molar-refractivity contribution in [3.05, 3.63) is 52.7 Å². The van der Waals surface area contributed by atoms with Crippen LogP contribution in [0.4, 0.5) is 0 Å². The molecular formula is C17H19NO3. The molecule has 21 heavy (non-hydrogen) atoms. The van der Waals surface area contributed by atoms with Crippen LogP contribution in [0, 0.1) is 13.8 Å². The van der Waals surface area contributed by atoms with Gasteiger partial charge in [-0.15, -0.1) is 0 Å². The van der Waals surface area contributed by atoms with Gasteiger partial charge in [0.25, 0.3) is 0 Å². The normalized spacial score (nSPS) is 10.7. The van der Waals surface area contributed by atoms with Crippen LogP contribution in [0.2, 0.25) is 0 Å². The van der Waals surface area contributed by atoms with Gasteiger partial charge in [0.05, 0.1) is 0 Å². The molecule has 1 aromatic heterocycles. The Balaban J connectivity index is 2.44. The highest BCUT2D eigenvalue weighted by Crippen LogP contribution is 2.28. The number of pyridine rings is 1. The van der Waals surface area contributed by atoms with Crippen LogP contribution >= 0.6 is 0 Å². The number of ether oxygens (including phenoxy) is 1. The number of carboxylic acid groups (broad SMARTS) is 1. The smallest absolute Gasteiger partial charge is 0.341 e. The fourth-order valence-corrected chi connectivity index (χ4v) is 2.19. The Bertz CT molecular complexity index is 678. The highest BCUT2D eigenvalue weighted by molar-refractivity contribution is 5.92. The van der Waals surface area contributed by atoms with Crippen LogP contribution in [0.15, 0.2) is 30.3 Å². The summed E-state index contributed by atoms with van der Waals surface area (Å²) in [6.45, 7) is 7.75. The first-order valence-electron chi connectivity index (χ1n) is 6.88. The number of aromatic nitrogens is 1. The molecule has 4 nitrogen and oxygen atoms in total. The van der Waals surface area contributed by atoms with E-state index < -0.39 is 5.97 Å². The average molecular weight is 285 g/mol. The van der Waals surface area contributed by atoms with Gasteiger partial charge in [0.1, 0.15) is 11.3 Å². The lowest BCUT2D eigenvalue weighted by Gasteiger charge is -2.12. The fourth-order valence-electron chi connectivity index (χ4n) is 2.19. The molecule has 0 amide bonds. The van der Waals surface area contributed by atoms with Crippen molar-refractivity contribution in [2.45, 2.75) is 33.6 Å². The van der Waals surface area contributed by atoms with E-state index in [2.05, 4.69) is 18.8 Å². The molecule has 0 bridgehead atoms. The van der Waals surface area contributed by atoms with Crippen molar-refractivity contribution < 1.29 is 14.6 Å². The number of carboxylic acids is 1. The van der Waals surface area contributed by atoms with Gasteiger partial charge in [-0.05, 0) is 49.1 Å². The standard InChI is InChI=1S/C17H19NO3/c1-10(2)13-6-5-7-14(9-13)21-16-15(17(19)20)11(3)8-12(4)18-16/h5-10H,1-4H3,(H,19,20). The van der Waals surface area contributed by atoms with Crippen LogP contribution in [-0.4, -0.2) is 16.1 Å². The maximum atomic E-state index is 11.4. The minimum absolute atomic E-state index is 0.107. The van der Waals surface area contributed by atoms with E-state index in [0.29, 0.717) is 17.2 Å². The molecule has 0 saturated carbocycles. The largest absolute Gasteiger partial charge is 0.477 e. The first-order valence-corrected chi connectivity index (χ1v) is 6.88. The zero-order valence-corrected chi connectivity index (χ0v) is 12.7. The van der Waals surface area contributed by atoms with Gasteiger partial charge in [-0.2, -0.15) is 0 Å². The van der Waals surface area contributed by atoms with Crippen LogP contribution in [-0.2, 0) is 0 Å². The second kappa shape index (κ2) is 5.95. The van der Waals surface area contributed by atoms with Gasteiger partial charge in [-0.3, -0.25) is 0 Å². The third-order valence-electron chi connectivity index (χ3n) is 3.26. The predicted octanol–water partition coefficient (Wildman–Crippen LogP) is 4.31. The molecule has 0 aliphatic heterocycles. The van der Waals surface area contributed by atoms with Crippen LogP contribution in [0.3, 0.4) is 0 Å². The van der Waals surface area contributed by atoms with Crippen molar-refractivity contribution in [2.24, 2.45) is 0 Å². The van der Waals surface area contributed by atoms with E-state index in [-0.39, 0.29) is 11.4 Å². The Morgan fingerprint density at radius 3 is 2.57 bits per heavy atom. The number of aryl methyl sites for hydroxylation is 2. The van der Waals surface area contributed by atoms with Crippen LogP contribution < -0.4 is 4.74 Å². The van der Waals surface area contributed by atoms with Crippen LogP contribution in [0.25, 0.3) is 0 Å². The summed E-state index contributed by atoms with van der Waals surface area (Å²) < 4.78 is 5.73. The molecule has 1 aromatic carbocycles. The highest BCUT2D eigenvalue weighted by atomic mass is 16.5. The van der Waals surface area contributed by atoms with E-state index in [4.69, 9.17) is 4.74 Å². The number of nitrogens with zero attached hydrogens (tertiary/aromatic N) is 1. The minimum Gasteiger partial charge on any atom is -0.477 e. The molecule has 0 unspecified atom stereocenters. The molecule has 1 N–H and O–H groups in total. The zero-order chi connectivity index (χ0) is 15.6. The summed E-state index contributed by atoms with van der Waals surface area (Å²) in [5, 5.41) is 9.34. The summed E-state index contributed by atoms with van der Waals surface area (Å²) in [6, 6.07) is 9.37. The van der Waals surface area contributed by atoms with Crippen molar-refractivity contribution >= 4 is 5.97 Å². The number of rotatable bonds is 4. The maximum absolute atomic E-state index is 11.4. The molecule has 0 saturated heterocycles. The van der Waals surface area contributed by atoms with Crippen molar-refractivity contribution in [3.8, 4) is 11.6 Å². The van der Waals surface area contributed by atoms with Crippen molar-refractivity contribution in [2.75, 3.05) is 0 Å². The van der Waals surface area contributed by atoms with Gasteiger partial charge >= 0.3 is 5.97 Å². The van der Waals surface area contributed by atoms with Gasteiger partial charge in [-0.25, -0.2) is 9.78 Å². The lowest BCUT2D eigenvalue weighted by molar-refractivity contribution is 0.0692. The number of hydrogen-bond donors (Lipinski definition) is 1. The van der Waals surface area contributed by atoms with Gasteiger partial charge in [0, 0.05) is 5.69 Å². The Morgan fingerprint density at radius 2 is 1.95 bits per heavy atom. The van der Waals surface area contributed by atoms with E-state index in [1.54, 1.807) is 19.1 Å². The second-order valence-corrected chi connectivity index (χ2v) is 5.40. The summed E-state index contributed by atoms with van der Waals surface area (Å²) in [7, 11) is 0. The summed E-state index contributed by atoms with van der Waals surface area (Å²) in [5.41, 5.74) is 2.61.